The maximum atomic E-state index is 13.2. The van der Waals surface area contributed by atoms with Crippen LogP contribution in [0.2, 0.25) is 0 Å². The first kappa shape index (κ1) is 18.5. The zero-order valence-corrected chi connectivity index (χ0v) is 17.2. The van der Waals surface area contributed by atoms with Gasteiger partial charge in [0.25, 0.3) is 11.5 Å². The average molecular weight is 418 g/mol. The van der Waals surface area contributed by atoms with Crippen LogP contribution in [0.4, 0.5) is 11.4 Å². The van der Waals surface area contributed by atoms with E-state index >= 15 is 0 Å². The van der Waals surface area contributed by atoms with E-state index in [0.717, 1.165) is 22.5 Å². The molecule has 1 amide bonds. The van der Waals surface area contributed by atoms with Crippen LogP contribution in [0.15, 0.2) is 52.3 Å². The van der Waals surface area contributed by atoms with Gasteiger partial charge in [-0.1, -0.05) is 35.1 Å². The molecule has 0 radical (unpaired) electrons. The second kappa shape index (κ2) is 6.77. The van der Waals surface area contributed by atoms with Gasteiger partial charge in [-0.15, -0.1) is 0 Å². The van der Waals surface area contributed by atoms with Crippen LogP contribution in [0, 0.1) is 6.92 Å². The molecule has 0 saturated carbocycles. The van der Waals surface area contributed by atoms with Crippen molar-refractivity contribution in [1.82, 2.24) is 4.57 Å². The minimum atomic E-state index is -0.266. The molecule has 150 valence electrons. The lowest BCUT2D eigenvalue weighted by molar-refractivity contribution is -0.110. The standard InChI is InChI=1S/C22H18N4O3S/c1-12-6-7-17-16(8-12)18(20(28)24-17)19-21(29)26-11-25(10-23-22(26)30-19)15-5-3-4-14(9-15)13(2)27/h3-9H,10-11H2,1-2H3,(H,24,28). The molecule has 0 fully saturated rings. The summed E-state index contributed by atoms with van der Waals surface area (Å²) in [4.78, 5) is 44.6. The molecule has 5 rings (SSSR count). The van der Waals surface area contributed by atoms with Crippen molar-refractivity contribution in [2.45, 2.75) is 20.5 Å². The minimum absolute atomic E-state index is 0.0147. The molecule has 3 heterocycles. The highest BCUT2D eigenvalue weighted by atomic mass is 32.1. The number of benzene rings is 2. The van der Waals surface area contributed by atoms with E-state index in [-0.39, 0.29) is 17.2 Å². The monoisotopic (exact) mass is 418 g/mol. The number of aryl methyl sites for hydroxylation is 1. The Hall–Kier alpha value is -3.52. The molecular formula is C22H18N4O3S. The molecule has 8 heteroatoms. The summed E-state index contributed by atoms with van der Waals surface area (Å²) in [5.41, 5.74) is 4.10. The lowest BCUT2D eigenvalue weighted by Gasteiger charge is -2.25. The number of carbonyl (C=O) groups is 2. The van der Waals surface area contributed by atoms with Crippen molar-refractivity contribution >= 4 is 40.0 Å². The number of hydrogen-bond acceptors (Lipinski definition) is 6. The summed E-state index contributed by atoms with van der Waals surface area (Å²) in [6, 6.07) is 13.0. The van der Waals surface area contributed by atoms with Gasteiger partial charge >= 0.3 is 0 Å². The van der Waals surface area contributed by atoms with Gasteiger partial charge in [-0.05, 0) is 38.1 Å². The Morgan fingerprint density at radius 1 is 1.17 bits per heavy atom. The fourth-order valence-electron chi connectivity index (χ4n) is 3.75. The van der Waals surface area contributed by atoms with Crippen LogP contribution in [-0.2, 0) is 11.5 Å². The number of anilines is 2. The molecule has 1 aromatic heterocycles. The SMILES string of the molecule is CC(=O)c1cccc(N2CN=c3sc(=C4C(=O)Nc5ccc(C)cc54)c(=O)n3C2)c1. The molecule has 0 bridgehead atoms. The predicted molar refractivity (Wildman–Crippen MR) is 115 cm³/mol. The largest absolute Gasteiger partial charge is 0.334 e. The summed E-state index contributed by atoms with van der Waals surface area (Å²) in [5, 5.41) is 2.84. The zero-order chi connectivity index (χ0) is 21.0. The van der Waals surface area contributed by atoms with Crippen LogP contribution in [0.5, 0.6) is 0 Å². The number of nitrogens with zero attached hydrogens (tertiary/aromatic N) is 3. The van der Waals surface area contributed by atoms with E-state index in [1.54, 1.807) is 16.7 Å². The Kier molecular flexibility index (Phi) is 4.18. The number of amides is 1. The van der Waals surface area contributed by atoms with E-state index < -0.39 is 0 Å². The van der Waals surface area contributed by atoms with E-state index in [2.05, 4.69) is 10.3 Å². The number of fused-ring (bicyclic) bond motifs is 2. The Bertz CT molecular complexity index is 1420. The van der Waals surface area contributed by atoms with Crippen LogP contribution in [0.1, 0.15) is 28.4 Å². The quantitative estimate of drug-likeness (QED) is 0.641. The van der Waals surface area contributed by atoms with Crippen LogP contribution in [-0.4, -0.2) is 22.9 Å². The molecule has 0 unspecified atom stereocenters. The number of aromatic nitrogens is 1. The summed E-state index contributed by atoms with van der Waals surface area (Å²) in [6.45, 7) is 4.16. The Morgan fingerprint density at radius 3 is 2.80 bits per heavy atom. The third-order valence-electron chi connectivity index (χ3n) is 5.32. The second-order valence-electron chi connectivity index (χ2n) is 7.41. The molecule has 0 aliphatic carbocycles. The molecule has 1 N–H and O–H groups in total. The van der Waals surface area contributed by atoms with Crippen molar-refractivity contribution in [3.63, 3.8) is 0 Å². The van der Waals surface area contributed by atoms with Gasteiger partial charge in [0.2, 0.25) is 0 Å². The summed E-state index contributed by atoms with van der Waals surface area (Å²) >= 11 is 1.24. The molecule has 7 nitrogen and oxygen atoms in total. The zero-order valence-electron chi connectivity index (χ0n) is 16.4. The van der Waals surface area contributed by atoms with E-state index in [4.69, 9.17) is 0 Å². The molecule has 2 aliphatic heterocycles. The Balaban J connectivity index is 1.62. The maximum Gasteiger partial charge on any atom is 0.272 e. The van der Waals surface area contributed by atoms with Crippen LogP contribution in [0.3, 0.4) is 0 Å². The van der Waals surface area contributed by atoms with Crippen molar-refractivity contribution in [2.24, 2.45) is 4.99 Å². The number of Topliss-reactive ketones (excluding diaryl/α,β-unsaturated/α-hetero) is 1. The van der Waals surface area contributed by atoms with E-state index in [1.807, 2.05) is 42.2 Å². The topological polar surface area (TPSA) is 83.8 Å². The van der Waals surface area contributed by atoms with Gasteiger partial charge in [0.1, 0.15) is 17.9 Å². The van der Waals surface area contributed by atoms with Crippen molar-refractivity contribution in [2.75, 3.05) is 16.9 Å². The third kappa shape index (κ3) is 2.88. The van der Waals surface area contributed by atoms with E-state index in [0.29, 0.717) is 33.8 Å². The fraction of sp³-hybridized carbons (Fsp3) is 0.182. The van der Waals surface area contributed by atoms with Crippen molar-refractivity contribution in [3.05, 3.63) is 78.8 Å². The van der Waals surface area contributed by atoms with Crippen molar-refractivity contribution in [3.8, 4) is 0 Å². The first-order valence-electron chi connectivity index (χ1n) is 9.49. The number of nitrogens with one attached hydrogen (secondary N) is 1. The van der Waals surface area contributed by atoms with Gasteiger partial charge in [0, 0.05) is 22.5 Å². The fourth-order valence-corrected chi connectivity index (χ4v) is 4.81. The number of rotatable bonds is 2. The Morgan fingerprint density at radius 2 is 2.00 bits per heavy atom. The van der Waals surface area contributed by atoms with Gasteiger partial charge < -0.3 is 10.2 Å². The van der Waals surface area contributed by atoms with E-state index in [1.165, 1.54) is 18.3 Å². The smallest absolute Gasteiger partial charge is 0.272 e. The molecule has 30 heavy (non-hydrogen) atoms. The molecule has 0 saturated heterocycles. The van der Waals surface area contributed by atoms with Crippen molar-refractivity contribution in [1.29, 1.82) is 0 Å². The number of hydrogen-bond donors (Lipinski definition) is 1. The molecular weight excluding hydrogens is 400 g/mol. The minimum Gasteiger partial charge on any atom is -0.334 e. The van der Waals surface area contributed by atoms with Gasteiger partial charge in [-0.25, -0.2) is 4.99 Å². The van der Waals surface area contributed by atoms with Crippen LogP contribution >= 0.6 is 11.3 Å². The number of thiazole rings is 1. The Labute approximate surface area is 175 Å². The normalized spacial score (nSPS) is 16.6. The molecule has 2 aliphatic rings. The van der Waals surface area contributed by atoms with E-state index in [9.17, 15) is 14.4 Å². The highest BCUT2D eigenvalue weighted by molar-refractivity contribution is 7.07. The van der Waals surface area contributed by atoms with Crippen LogP contribution < -0.4 is 25.1 Å². The summed E-state index contributed by atoms with van der Waals surface area (Å²) in [5.74, 6) is -0.281. The first-order valence-corrected chi connectivity index (χ1v) is 10.3. The average Bonchev–Trinajstić information content (AvgIpc) is 3.23. The maximum absolute atomic E-state index is 13.2. The summed E-state index contributed by atoms with van der Waals surface area (Å²) in [7, 11) is 0. The van der Waals surface area contributed by atoms with Gasteiger partial charge in [0.05, 0.1) is 5.57 Å². The van der Waals surface area contributed by atoms with Gasteiger partial charge in [-0.2, -0.15) is 0 Å². The highest BCUT2D eigenvalue weighted by Gasteiger charge is 2.28. The molecule has 3 aromatic rings. The third-order valence-corrected chi connectivity index (χ3v) is 6.43. The number of carbonyl (C=O) groups excluding carboxylic acids is 2. The van der Waals surface area contributed by atoms with Crippen LogP contribution in [0.25, 0.3) is 5.57 Å². The lowest BCUT2D eigenvalue weighted by atomic mass is 10.1. The second-order valence-corrected chi connectivity index (χ2v) is 8.39. The lowest BCUT2D eigenvalue weighted by Crippen LogP contribution is -2.43. The molecule has 0 spiro atoms. The van der Waals surface area contributed by atoms with Gasteiger partial charge in [0.15, 0.2) is 10.6 Å². The van der Waals surface area contributed by atoms with Gasteiger partial charge in [-0.3, -0.25) is 19.0 Å². The summed E-state index contributed by atoms with van der Waals surface area (Å²) in [6.07, 6.45) is 0. The number of ketones is 1. The molecule has 2 aromatic carbocycles. The molecule has 0 atom stereocenters. The first-order chi connectivity index (χ1) is 14.4. The highest BCUT2D eigenvalue weighted by Crippen LogP contribution is 2.30. The van der Waals surface area contributed by atoms with Crippen molar-refractivity contribution < 1.29 is 9.59 Å². The summed E-state index contributed by atoms with van der Waals surface area (Å²) < 4.78 is 1.98. The predicted octanol–water partition coefficient (Wildman–Crippen LogP) is 1.63.